The SMILES string of the molecule is NCCCCS(=O)(=O)NCC1CCCCC1. The molecule has 0 aromatic heterocycles. The molecule has 1 aliphatic carbocycles. The topological polar surface area (TPSA) is 72.2 Å². The number of sulfonamides is 1. The minimum absolute atomic E-state index is 0.219. The largest absolute Gasteiger partial charge is 0.330 e. The maximum atomic E-state index is 11.6. The summed E-state index contributed by atoms with van der Waals surface area (Å²) >= 11 is 0. The first kappa shape index (κ1) is 13.9. The molecule has 96 valence electrons. The van der Waals surface area contributed by atoms with E-state index in [9.17, 15) is 8.42 Å². The Morgan fingerprint density at radius 3 is 2.44 bits per heavy atom. The summed E-state index contributed by atoms with van der Waals surface area (Å²) in [6, 6.07) is 0. The van der Waals surface area contributed by atoms with Gasteiger partial charge in [0, 0.05) is 6.54 Å². The third-order valence-corrected chi connectivity index (χ3v) is 4.62. The van der Waals surface area contributed by atoms with Gasteiger partial charge in [-0.25, -0.2) is 13.1 Å². The summed E-state index contributed by atoms with van der Waals surface area (Å²) in [5.74, 6) is 0.773. The third kappa shape index (κ3) is 5.82. The smallest absolute Gasteiger partial charge is 0.211 e. The molecule has 1 fully saturated rings. The molecule has 0 heterocycles. The molecule has 0 radical (unpaired) electrons. The van der Waals surface area contributed by atoms with Gasteiger partial charge in [0.05, 0.1) is 5.75 Å². The second kappa shape index (κ2) is 7.25. The maximum Gasteiger partial charge on any atom is 0.211 e. The Labute approximate surface area is 99.0 Å². The summed E-state index contributed by atoms with van der Waals surface area (Å²) in [4.78, 5) is 0. The second-order valence-corrected chi connectivity index (χ2v) is 6.59. The van der Waals surface area contributed by atoms with E-state index in [2.05, 4.69) is 4.72 Å². The summed E-state index contributed by atoms with van der Waals surface area (Å²) in [5.41, 5.74) is 5.33. The van der Waals surface area contributed by atoms with E-state index in [1.165, 1.54) is 32.1 Å². The van der Waals surface area contributed by atoms with Gasteiger partial charge in [-0.3, -0.25) is 0 Å². The molecule has 0 saturated heterocycles. The van der Waals surface area contributed by atoms with E-state index < -0.39 is 10.0 Å². The van der Waals surface area contributed by atoms with Crippen molar-refractivity contribution in [3.8, 4) is 0 Å². The fourth-order valence-corrected chi connectivity index (χ4v) is 3.36. The van der Waals surface area contributed by atoms with Gasteiger partial charge in [0.15, 0.2) is 0 Å². The van der Waals surface area contributed by atoms with Crippen molar-refractivity contribution in [2.75, 3.05) is 18.8 Å². The predicted octanol–water partition coefficient (Wildman–Crippen LogP) is 1.22. The van der Waals surface area contributed by atoms with E-state index in [1.54, 1.807) is 0 Å². The van der Waals surface area contributed by atoms with Gasteiger partial charge in [-0.1, -0.05) is 19.3 Å². The zero-order valence-corrected chi connectivity index (χ0v) is 10.8. The fourth-order valence-electron chi connectivity index (χ4n) is 2.14. The Hall–Kier alpha value is -0.130. The lowest BCUT2D eigenvalue weighted by molar-refractivity contribution is 0.357. The Bertz CT molecular complexity index is 272. The normalized spacial score (nSPS) is 18.8. The molecule has 1 rings (SSSR count). The zero-order valence-electron chi connectivity index (χ0n) is 9.95. The van der Waals surface area contributed by atoms with Crippen LogP contribution in [0.25, 0.3) is 0 Å². The Morgan fingerprint density at radius 1 is 1.12 bits per heavy atom. The highest BCUT2D eigenvalue weighted by molar-refractivity contribution is 7.89. The molecule has 0 aromatic rings. The van der Waals surface area contributed by atoms with Crippen LogP contribution in [0.5, 0.6) is 0 Å². The molecule has 1 aliphatic rings. The number of rotatable bonds is 7. The van der Waals surface area contributed by atoms with Crippen molar-refractivity contribution in [2.24, 2.45) is 11.7 Å². The Kier molecular flexibility index (Phi) is 6.31. The Balaban J connectivity index is 2.18. The number of unbranched alkanes of at least 4 members (excludes halogenated alkanes) is 1. The van der Waals surface area contributed by atoms with Gasteiger partial charge in [-0.2, -0.15) is 0 Å². The highest BCUT2D eigenvalue weighted by Crippen LogP contribution is 2.22. The monoisotopic (exact) mass is 248 g/mol. The lowest BCUT2D eigenvalue weighted by Crippen LogP contribution is -2.32. The van der Waals surface area contributed by atoms with E-state index in [4.69, 9.17) is 5.73 Å². The van der Waals surface area contributed by atoms with Crippen molar-refractivity contribution in [1.29, 1.82) is 0 Å². The van der Waals surface area contributed by atoms with Crippen LogP contribution in [0.3, 0.4) is 0 Å². The molecule has 0 spiro atoms. The van der Waals surface area contributed by atoms with Crippen molar-refractivity contribution in [2.45, 2.75) is 44.9 Å². The van der Waals surface area contributed by atoms with Crippen LogP contribution < -0.4 is 10.5 Å². The molecule has 0 aromatic carbocycles. The average molecular weight is 248 g/mol. The molecule has 4 nitrogen and oxygen atoms in total. The van der Waals surface area contributed by atoms with Crippen LogP contribution in [0.1, 0.15) is 44.9 Å². The quantitative estimate of drug-likeness (QED) is 0.666. The lowest BCUT2D eigenvalue weighted by atomic mass is 9.90. The first-order valence-electron chi connectivity index (χ1n) is 6.31. The van der Waals surface area contributed by atoms with Gasteiger partial charge in [0.25, 0.3) is 0 Å². The van der Waals surface area contributed by atoms with E-state index >= 15 is 0 Å². The standard InChI is InChI=1S/C11H24N2O2S/c12-8-4-5-9-16(14,15)13-10-11-6-2-1-3-7-11/h11,13H,1-10,12H2. The van der Waals surface area contributed by atoms with Crippen LogP contribution in [-0.4, -0.2) is 27.3 Å². The number of nitrogens with two attached hydrogens (primary N) is 1. The van der Waals surface area contributed by atoms with Crippen molar-refractivity contribution in [3.63, 3.8) is 0 Å². The summed E-state index contributed by atoms with van der Waals surface area (Å²) in [6.45, 7) is 1.20. The molecule has 3 N–H and O–H groups in total. The summed E-state index contributed by atoms with van der Waals surface area (Å²) in [7, 11) is -3.06. The van der Waals surface area contributed by atoms with Gasteiger partial charge >= 0.3 is 0 Å². The van der Waals surface area contributed by atoms with Crippen molar-refractivity contribution >= 4 is 10.0 Å². The van der Waals surface area contributed by atoms with E-state index in [-0.39, 0.29) is 5.75 Å². The summed E-state index contributed by atoms with van der Waals surface area (Å²) in [5, 5.41) is 0. The summed E-state index contributed by atoms with van der Waals surface area (Å²) < 4.78 is 25.9. The van der Waals surface area contributed by atoms with Crippen molar-refractivity contribution in [3.05, 3.63) is 0 Å². The van der Waals surface area contributed by atoms with Crippen LogP contribution in [-0.2, 0) is 10.0 Å². The van der Waals surface area contributed by atoms with Gasteiger partial charge in [0.1, 0.15) is 0 Å². The minimum atomic E-state index is -3.06. The van der Waals surface area contributed by atoms with Crippen molar-refractivity contribution in [1.82, 2.24) is 4.72 Å². The molecular weight excluding hydrogens is 224 g/mol. The molecule has 0 atom stereocenters. The molecule has 0 aliphatic heterocycles. The van der Waals surface area contributed by atoms with Gasteiger partial charge in [-0.15, -0.1) is 0 Å². The van der Waals surface area contributed by atoms with Crippen LogP contribution in [0.4, 0.5) is 0 Å². The van der Waals surface area contributed by atoms with Gasteiger partial charge < -0.3 is 5.73 Å². The summed E-state index contributed by atoms with van der Waals surface area (Å²) in [6.07, 6.45) is 7.59. The lowest BCUT2D eigenvalue weighted by Gasteiger charge is -2.21. The predicted molar refractivity (Wildman–Crippen MR) is 66.7 cm³/mol. The molecule has 5 heteroatoms. The molecule has 0 unspecified atom stereocenters. The van der Waals surface area contributed by atoms with E-state index in [1.807, 2.05) is 0 Å². The van der Waals surface area contributed by atoms with Crippen LogP contribution in [0.15, 0.2) is 0 Å². The number of hydrogen-bond acceptors (Lipinski definition) is 3. The maximum absolute atomic E-state index is 11.6. The zero-order chi connectivity index (χ0) is 11.9. The third-order valence-electron chi connectivity index (χ3n) is 3.18. The van der Waals surface area contributed by atoms with Crippen LogP contribution in [0, 0.1) is 5.92 Å². The fraction of sp³-hybridized carbons (Fsp3) is 1.00. The molecule has 0 bridgehead atoms. The molecule has 0 amide bonds. The first-order chi connectivity index (χ1) is 7.64. The van der Waals surface area contributed by atoms with E-state index in [0.717, 1.165) is 6.42 Å². The molecule has 16 heavy (non-hydrogen) atoms. The molecular formula is C11H24N2O2S. The Morgan fingerprint density at radius 2 is 1.81 bits per heavy atom. The van der Waals surface area contributed by atoms with Gasteiger partial charge in [0.2, 0.25) is 10.0 Å². The second-order valence-electron chi connectivity index (χ2n) is 4.67. The average Bonchev–Trinajstić information content (AvgIpc) is 2.28. The van der Waals surface area contributed by atoms with E-state index in [0.29, 0.717) is 25.4 Å². The highest BCUT2D eigenvalue weighted by atomic mass is 32.2. The highest BCUT2D eigenvalue weighted by Gasteiger charge is 2.16. The van der Waals surface area contributed by atoms with Gasteiger partial charge in [-0.05, 0) is 38.1 Å². The number of nitrogens with one attached hydrogen (secondary N) is 1. The van der Waals surface area contributed by atoms with Crippen LogP contribution >= 0.6 is 0 Å². The number of hydrogen-bond donors (Lipinski definition) is 2. The van der Waals surface area contributed by atoms with Crippen LogP contribution in [0.2, 0.25) is 0 Å². The first-order valence-corrected chi connectivity index (χ1v) is 7.96. The van der Waals surface area contributed by atoms with Crippen molar-refractivity contribution < 1.29 is 8.42 Å². The molecule has 1 saturated carbocycles. The minimum Gasteiger partial charge on any atom is -0.330 e.